The standard InChI is InChI=1S/C21H26FNO5S/c1-5-29(25,26)28-20-11-16(9-10-19(20)27-4)14-23(13-15(2)3)21(24)17-7-6-8-18(22)12-17/h6-12,15H,5,13-14H2,1-4H3. The molecule has 2 rings (SSSR count). The molecule has 0 spiro atoms. The molecule has 158 valence electrons. The first-order valence-corrected chi connectivity index (χ1v) is 10.9. The molecule has 0 heterocycles. The average Bonchev–Trinajstić information content (AvgIpc) is 2.66. The van der Waals surface area contributed by atoms with Crippen LogP contribution in [-0.2, 0) is 16.7 Å². The van der Waals surface area contributed by atoms with Crippen molar-refractivity contribution in [3.8, 4) is 11.5 Å². The van der Waals surface area contributed by atoms with E-state index in [-0.39, 0.29) is 41.2 Å². The van der Waals surface area contributed by atoms with E-state index >= 15 is 0 Å². The fraction of sp³-hybridized carbons (Fsp3) is 0.381. The lowest BCUT2D eigenvalue weighted by Gasteiger charge is -2.25. The van der Waals surface area contributed by atoms with Gasteiger partial charge in [0.2, 0.25) is 0 Å². The minimum atomic E-state index is -3.74. The number of carbonyl (C=O) groups excluding carboxylic acids is 1. The van der Waals surface area contributed by atoms with Crippen molar-refractivity contribution >= 4 is 16.0 Å². The SMILES string of the molecule is CCS(=O)(=O)Oc1cc(CN(CC(C)C)C(=O)c2cccc(F)c2)ccc1OC. The van der Waals surface area contributed by atoms with Crippen molar-refractivity contribution < 1.29 is 26.5 Å². The quantitative estimate of drug-likeness (QED) is 0.573. The van der Waals surface area contributed by atoms with Crippen LogP contribution in [0.5, 0.6) is 11.5 Å². The van der Waals surface area contributed by atoms with Crippen molar-refractivity contribution in [3.63, 3.8) is 0 Å². The molecule has 0 aliphatic carbocycles. The van der Waals surface area contributed by atoms with Gasteiger partial charge in [-0.2, -0.15) is 8.42 Å². The van der Waals surface area contributed by atoms with Crippen LogP contribution in [0.25, 0.3) is 0 Å². The number of carbonyl (C=O) groups is 1. The van der Waals surface area contributed by atoms with Crippen LogP contribution >= 0.6 is 0 Å². The van der Waals surface area contributed by atoms with Crippen LogP contribution in [0.3, 0.4) is 0 Å². The van der Waals surface area contributed by atoms with Gasteiger partial charge in [0.15, 0.2) is 11.5 Å². The smallest absolute Gasteiger partial charge is 0.309 e. The van der Waals surface area contributed by atoms with Gasteiger partial charge in [-0.05, 0) is 48.7 Å². The number of rotatable bonds is 9. The van der Waals surface area contributed by atoms with Crippen molar-refractivity contribution in [2.75, 3.05) is 19.4 Å². The van der Waals surface area contributed by atoms with E-state index in [1.54, 1.807) is 23.1 Å². The maximum absolute atomic E-state index is 13.5. The summed E-state index contributed by atoms with van der Waals surface area (Å²) in [6.07, 6.45) is 0. The second-order valence-corrected chi connectivity index (χ2v) is 8.86. The summed E-state index contributed by atoms with van der Waals surface area (Å²) in [5.41, 5.74) is 0.918. The van der Waals surface area contributed by atoms with E-state index in [2.05, 4.69) is 0 Å². The highest BCUT2D eigenvalue weighted by Gasteiger charge is 2.20. The molecule has 1 amide bonds. The fourth-order valence-electron chi connectivity index (χ4n) is 2.76. The van der Waals surface area contributed by atoms with Crippen LogP contribution in [0.1, 0.15) is 36.7 Å². The molecule has 0 radical (unpaired) electrons. The highest BCUT2D eigenvalue weighted by molar-refractivity contribution is 7.87. The second kappa shape index (κ2) is 9.73. The molecule has 0 atom stereocenters. The van der Waals surface area contributed by atoms with Crippen LogP contribution in [0.15, 0.2) is 42.5 Å². The number of ether oxygens (including phenoxy) is 1. The summed E-state index contributed by atoms with van der Waals surface area (Å²) in [6, 6.07) is 10.4. The topological polar surface area (TPSA) is 72.9 Å². The molecule has 0 saturated heterocycles. The predicted molar refractivity (Wildman–Crippen MR) is 109 cm³/mol. The van der Waals surface area contributed by atoms with Gasteiger partial charge in [-0.3, -0.25) is 4.79 Å². The maximum Gasteiger partial charge on any atom is 0.309 e. The zero-order valence-corrected chi connectivity index (χ0v) is 17.8. The van der Waals surface area contributed by atoms with Gasteiger partial charge in [-0.15, -0.1) is 0 Å². The van der Waals surface area contributed by atoms with E-state index in [4.69, 9.17) is 8.92 Å². The Morgan fingerprint density at radius 3 is 2.45 bits per heavy atom. The highest BCUT2D eigenvalue weighted by atomic mass is 32.2. The third-order valence-corrected chi connectivity index (χ3v) is 5.26. The van der Waals surface area contributed by atoms with Gasteiger partial charge in [0.25, 0.3) is 5.91 Å². The largest absolute Gasteiger partial charge is 0.493 e. The molecule has 2 aromatic rings. The minimum absolute atomic E-state index is 0.0644. The number of hydrogen-bond donors (Lipinski definition) is 0. The third kappa shape index (κ3) is 6.45. The molecule has 8 heteroatoms. The Labute approximate surface area is 171 Å². The van der Waals surface area contributed by atoms with E-state index in [0.717, 1.165) is 0 Å². The molecular weight excluding hydrogens is 397 g/mol. The lowest BCUT2D eigenvalue weighted by molar-refractivity contribution is 0.0722. The average molecular weight is 424 g/mol. The summed E-state index contributed by atoms with van der Waals surface area (Å²) >= 11 is 0. The molecular formula is C21H26FNO5S. The van der Waals surface area contributed by atoms with E-state index in [1.165, 1.54) is 38.3 Å². The lowest BCUT2D eigenvalue weighted by Crippen LogP contribution is -2.33. The van der Waals surface area contributed by atoms with Gasteiger partial charge in [0.1, 0.15) is 5.82 Å². The van der Waals surface area contributed by atoms with Crippen LogP contribution in [0.4, 0.5) is 4.39 Å². The molecule has 0 aliphatic rings. The van der Waals surface area contributed by atoms with Crippen molar-refractivity contribution in [3.05, 3.63) is 59.4 Å². The monoisotopic (exact) mass is 423 g/mol. The molecule has 0 saturated carbocycles. The van der Waals surface area contributed by atoms with Gasteiger partial charge in [0.05, 0.1) is 12.9 Å². The number of nitrogens with zero attached hydrogens (tertiary/aromatic N) is 1. The first-order valence-electron chi connectivity index (χ1n) is 9.29. The Kier molecular flexibility index (Phi) is 7.61. The van der Waals surface area contributed by atoms with Crippen molar-refractivity contribution in [1.82, 2.24) is 4.90 Å². The van der Waals surface area contributed by atoms with E-state index in [1.807, 2.05) is 13.8 Å². The second-order valence-electron chi connectivity index (χ2n) is 7.00. The predicted octanol–water partition coefficient (Wildman–Crippen LogP) is 3.86. The van der Waals surface area contributed by atoms with E-state index in [9.17, 15) is 17.6 Å². The molecule has 0 N–H and O–H groups in total. The number of methoxy groups -OCH3 is 1. The maximum atomic E-state index is 13.5. The van der Waals surface area contributed by atoms with Gasteiger partial charge < -0.3 is 13.8 Å². The summed E-state index contributed by atoms with van der Waals surface area (Å²) in [7, 11) is -2.32. The first kappa shape index (κ1) is 22.7. The molecule has 0 unspecified atom stereocenters. The zero-order valence-electron chi connectivity index (χ0n) is 17.0. The lowest BCUT2D eigenvalue weighted by atomic mass is 10.1. The van der Waals surface area contributed by atoms with Crippen molar-refractivity contribution in [2.45, 2.75) is 27.3 Å². The van der Waals surface area contributed by atoms with Crippen molar-refractivity contribution in [2.24, 2.45) is 5.92 Å². The Morgan fingerprint density at radius 2 is 1.86 bits per heavy atom. The number of hydrogen-bond acceptors (Lipinski definition) is 5. The Hall–Kier alpha value is -2.61. The zero-order chi connectivity index (χ0) is 21.6. The molecule has 6 nitrogen and oxygen atoms in total. The third-order valence-electron chi connectivity index (χ3n) is 4.12. The summed E-state index contributed by atoms with van der Waals surface area (Å²) in [5.74, 6) is -0.449. The van der Waals surface area contributed by atoms with Gasteiger partial charge in [-0.1, -0.05) is 26.0 Å². The summed E-state index contributed by atoms with van der Waals surface area (Å²) in [5, 5.41) is 0. The summed E-state index contributed by atoms with van der Waals surface area (Å²) in [4.78, 5) is 14.5. The molecule has 29 heavy (non-hydrogen) atoms. The number of halogens is 1. The number of benzene rings is 2. The summed E-state index contributed by atoms with van der Waals surface area (Å²) in [6.45, 7) is 6.09. The molecule has 0 aliphatic heterocycles. The Bertz CT molecular complexity index is 959. The summed E-state index contributed by atoms with van der Waals surface area (Å²) < 4.78 is 47.6. The molecule has 0 fully saturated rings. The number of amides is 1. The highest BCUT2D eigenvalue weighted by Crippen LogP contribution is 2.30. The Morgan fingerprint density at radius 1 is 1.14 bits per heavy atom. The Balaban J connectivity index is 2.34. The van der Waals surface area contributed by atoms with Crippen LogP contribution in [-0.4, -0.2) is 38.6 Å². The molecule has 0 aromatic heterocycles. The van der Waals surface area contributed by atoms with Gasteiger partial charge >= 0.3 is 10.1 Å². The van der Waals surface area contributed by atoms with E-state index in [0.29, 0.717) is 12.1 Å². The minimum Gasteiger partial charge on any atom is -0.493 e. The first-order chi connectivity index (χ1) is 13.6. The fourth-order valence-corrected chi connectivity index (χ4v) is 3.29. The molecule has 0 bridgehead atoms. The van der Waals surface area contributed by atoms with Crippen LogP contribution < -0.4 is 8.92 Å². The van der Waals surface area contributed by atoms with Gasteiger partial charge in [-0.25, -0.2) is 4.39 Å². The van der Waals surface area contributed by atoms with Gasteiger partial charge in [0, 0.05) is 18.7 Å². The van der Waals surface area contributed by atoms with Crippen LogP contribution in [0.2, 0.25) is 0 Å². The van der Waals surface area contributed by atoms with Crippen LogP contribution in [0, 0.1) is 11.7 Å². The van der Waals surface area contributed by atoms with Crippen molar-refractivity contribution in [1.29, 1.82) is 0 Å². The normalized spacial score (nSPS) is 11.4. The van der Waals surface area contributed by atoms with E-state index < -0.39 is 15.9 Å². The molecule has 2 aromatic carbocycles.